The number of benzene rings is 1. The molecule has 2 aliphatic rings. The third-order valence-electron chi connectivity index (χ3n) is 8.00. The van der Waals surface area contributed by atoms with Crippen molar-refractivity contribution in [2.75, 3.05) is 34.3 Å². The molecule has 2 aromatic rings. The lowest BCUT2D eigenvalue weighted by Crippen LogP contribution is -2.31. The molecule has 1 N–H and O–H groups in total. The van der Waals surface area contributed by atoms with Crippen LogP contribution in [-0.4, -0.2) is 67.3 Å². The lowest BCUT2D eigenvalue weighted by molar-refractivity contribution is -0.313. The maximum absolute atomic E-state index is 12.5. The molecule has 0 unspecified atom stereocenters. The first-order valence-corrected chi connectivity index (χ1v) is 15.1. The summed E-state index contributed by atoms with van der Waals surface area (Å²) < 4.78 is 10.5. The molecule has 0 aliphatic carbocycles. The molecule has 42 heavy (non-hydrogen) atoms. The Bertz CT molecular complexity index is 1460. The van der Waals surface area contributed by atoms with Crippen LogP contribution in [0.4, 0.5) is 0 Å². The molecule has 0 saturated carbocycles. The van der Waals surface area contributed by atoms with Gasteiger partial charge in [-0.3, -0.25) is 9.28 Å². The minimum atomic E-state index is -0.0485. The summed E-state index contributed by atoms with van der Waals surface area (Å²) in [4.78, 5) is 14.6. The van der Waals surface area contributed by atoms with E-state index in [0.29, 0.717) is 19.4 Å². The highest BCUT2D eigenvalue weighted by molar-refractivity contribution is 6.29. The summed E-state index contributed by atoms with van der Waals surface area (Å²) in [6.07, 6.45) is 11.0. The Hall–Kier alpha value is -3.32. The van der Waals surface area contributed by atoms with E-state index in [0.717, 1.165) is 41.4 Å². The predicted octanol–water partition coefficient (Wildman–Crippen LogP) is 5.96. The van der Waals surface area contributed by atoms with E-state index >= 15 is 0 Å². The summed E-state index contributed by atoms with van der Waals surface area (Å²) >= 11 is 0. The molecule has 1 amide bonds. The van der Waals surface area contributed by atoms with Gasteiger partial charge in [-0.25, -0.2) is 0 Å². The van der Waals surface area contributed by atoms with Gasteiger partial charge >= 0.3 is 7.55 Å². The summed E-state index contributed by atoms with van der Waals surface area (Å²) in [5, 5.41) is 3.06. The van der Waals surface area contributed by atoms with Crippen molar-refractivity contribution in [2.45, 2.75) is 78.6 Å². The topological polar surface area (TPSA) is 49.5 Å². The molecule has 0 atom stereocenters. The first-order valence-electron chi connectivity index (χ1n) is 15.1. The summed E-state index contributed by atoms with van der Waals surface area (Å²) in [7, 11) is 8.02. The number of aromatic nitrogens is 1. The van der Waals surface area contributed by atoms with Gasteiger partial charge in [-0.05, 0) is 81.1 Å². The molecule has 0 spiro atoms. The molecule has 2 aliphatic heterocycles. The third kappa shape index (κ3) is 7.18. The van der Waals surface area contributed by atoms with Crippen LogP contribution in [0.2, 0.25) is 0 Å². The quantitative estimate of drug-likeness (QED) is 0.285. The Labute approximate surface area is 254 Å². The summed E-state index contributed by atoms with van der Waals surface area (Å²) in [5.74, 6) is 1.03. The molecule has 3 heterocycles. The fourth-order valence-corrected chi connectivity index (χ4v) is 5.48. The van der Waals surface area contributed by atoms with Gasteiger partial charge in [0.1, 0.15) is 5.75 Å². The van der Waals surface area contributed by atoms with Crippen LogP contribution in [0.5, 0.6) is 5.75 Å². The van der Waals surface area contributed by atoms with Crippen LogP contribution >= 0.6 is 0 Å². The number of hydrogen-bond donors (Lipinski definition) is 1. The zero-order valence-electron chi connectivity index (χ0n) is 27.4. The van der Waals surface area contributed by atoms with E-state index in [1.807, 2.05) is 14.1 Å². The molecule has 1 radical (unpaired) electrons. The number of ether oxygens (including phenoxy) is 1. The van der Waals surface area contributed by atoms with E-state index in [4.69, 9.17) is 4.74 Å². The Morgan fingerprint density at radius 2 is 1.81 bits per heavy atom. The molecule has 1 aromatic heterocycles. The fourth-order valence-electron chi connectivity index (χ4n) is 5.48. The maximum Gasteiger partial charge on any atom is 0.700 e. The standard InChI is InChI=1S/C35H49BN4O2/c1-24-20-28(13-12-25-21-26(34(2,3)4)22-30(33(25)42-10)35(5,6)7)40-31(24)23-29-15-14-27(39(29)36-40)16-17-32(41)37-18-11-19-38(8)9/h12-15,20-23H,11,16-19H2,1-10H3,(H,37,41)/q+1. The van der Waals surface area contributed by atoms with Gasteiger partial charge < -0.3 is 19.4 Å². The van der Waals surface area contributed by atoms with Crippen LogP contribution in [-0.2, 0) is 22.0 Å². The fraction of sp³-hybridized carbons (Fsp3) is 0.486. The smallest absolute Gasteiger partial charge is 0.496 e. The Balaban J connectivity index is 1.59. The number of amides is 1. The van der Waals surface area contributed by atoms with Gasteiger partial charge in [0.05, 0.1) is 7.11 Å². The van der Waals surface area contributed by atoms with E-state index in [-0.39, 0.29) is 16.7 Å². The molecule has 0 saturated heterocycles. The second-order valence-electron chi connectivity index (χ2n) is 13.9. The SMILES string of the molecule is COc1c(C=CC2=[N+]3[B]n4c(ccc4CCC(=O)NCCCN(C)C)C=C3C(C)=C2)cc(C(C)(C)C)cc1C(C)(C)C. The maximum atomic E-state index is 12.5. The highest BCUT2D eigenvalue weighted by Crippen LogP contribution is 2.39. The average molecular weight is 569 g/mol. The Morgan fingerprint density at radius 3 is 2.45 bits per heavy atom. The number of carbonyl (C=O) groups excluding carboxylic acids is 1. The number of aryl methyl sites for hydroxylation is 1. The van der Waals surface area contributed by atoms with Crippen LogP contribution in [0.1, 0.15) is 89.4 Å². The van der Waals surface area contributed by atoms with Gasteiger partial charge in [0.25, 0.3) is 0 Å². The number of nitrogens with one attached hydrogen (secondary N) is 1. The zero-order chi connectivity index (χ0) is 30.8. The van der Waals surface area contributed by atoms with Gasteiger partial charge in [-0.2, -0.15) is 0 Å². The van der Waals surface area contributed by atoms with E-state index in [2.05, 4.69) is 124 Å². The number of methoxy groups -OCH3 is 1. The molecule has 4 rings (SSSR count). The number of allylic oxidation sites excluding steroid dienone is 3. The molecule has 7 heteroatoms. The summed E-state index contributed by atoms with van der Waals surface area (Å²) in [6, 6.07) is 8.85. The molecule has 0 bridgehead atoms. The van der Waals surface area contributed by atoms with Crippen LogP contribution in [0, 0.1) is 0 Å². The largest absolute Gasteiger partial charge is 0.700 e. The lowest BCUT2D eigenvalue weighted by Gasteiger charge is -2.28. The van der Waals surface area contributed by atoms with Crippen LogP contribution in [0.3, 0.4) is 0 Å². The highest BCUT2D eigenvalue weighted by Gasteiger charge is 2.35. The van der Waals surface area contributed by atoms with Crippen molar-refractivity contribution in [2.24, 2.45) is 0 Å². The van der Waals surface area contributed by atoms with Gasteiger partial charge in [-0.15, -0.1) is 0 Å². The molecular formula is C35H49BN4O2+. The number of fused-ring (bicyclic) bond motifs is 2. The monoisotopic (exact) mass is 568 g/mol. The minimum absolute atomic E-state index is 0.0206. The molecule has 1 aromatic carbocycles. The van der Waals surface area contributed by atoms with Crippen molar-refractivity contribution in [1.82, 2.24) is 14.7 Å². The second kappa shape index (κ2) is 12.5. The third-order valence-corrected chi connectivity index (χ3v) is 8.00. The second-order valence-corrected chi connectivity index (χ2v) is 13.9. The van der Waals surface area contributed by atoms with Gasteiger partial charge in [0, 0.05) is 59.3 Å². The number of hydrogen-bond acceptors (Lipinski definition) is 3. The summed E-state index contributed by atoms with van der Waals surface area (Å²) in [5.41, 5.74) is 9.34. The Morgan fingerprint density at radius 1 is 1.07 bits per heavy atom. The summed E-state index contributed by atoms with van der Waals surface area (Å²) in [6.45, 7) is 17.3. The van der Waals surface area contributed by atoms with Crippen LogP contribution < -0.4 is 10.1 Å². The molecular weight excluding hydrogens is 519 g/mol. The van der Waals surface area contributed by atoms with Gasteiger partial charge in [0.15, 0.2) is 11.4 Å². The van der Waals surface area contributed by atoms with Gasteiger partial charge in [0.2, 0.25) is 5.91 Å². The van der Waals surface area contributed by atoms with E-state index in [1.165, 1.54) is 22.4 Å². The number of rotatable bonds is 10. The number of carbonyl (C=O) groups is 1. The normalized spacial score (nSPS) is 15.0. The lowest BCUT2D eigenvalue weighted by atomic mass is 9.79. The van der Waals surface area contributed by atoms with Crippen molar-refractivity contribution in [3.63, 3.8) is 0 Å². The molecule has 6 nitrogen and oxygen atoms in total. The van der Waals surface area contributed by atoms with E-state index in [9.17, 15) is 4.79 Å². The van der Waals surface area contributed by atoms with Crippen LogP contribution in [0.25, 0.3) is 12.2 Å². The van der Waals surface area contributed by atoms with Crippen LogP contribution in [0.15, 0.2) is 47.7 Å². The van der Waals surface area contributed by atoms with Crippen molar-refractivity contribution in [1.29, 1.82) is 0 Å². The molecule has 223 valence electrons. The first-order chi connectivity index (χ1) is 19.7. The zero-order valence-corrected chi connectivity index (χ0v) is 27.4. The van der Waals surface area contributed by atoms with E-state index in [1.54, 1.807) is 7.11 Å². The minimum Gasteiger partial charge on any atom is -0.496 e. The Kier molecular flexibility index (Phi) is 9.41. The van der Waals surface area contributed by atoms with E-state index < -0.39 is 0 Å². The van der Waals surface area contributed by atoms with Crippen molar-refractivity contribution >= 4 is 31.3 Å². The number of nitrogens with zero attached hydrogens (tertiary/aromatic N) is 3. The average Bonchev–Trinajstić information content (AvgIpc) is 3.45. The molecule has 0 fully saturated rings. The van der Waals surface area contributed by atoms with Crippen molar-refractivity contribution in [3.8, 4) is 5.75 Å². The van der Waals surface area contributed by atoms with Gasteiger partial charge in [-0.1, -0.05) is 47.6 Å². The first kappa shape index (κ1) is 31.6. The predicted molar refractivity (Wildman–Crippen MR) is 177 cm³/mol. The van der Waals surface area contributed by atoms with Crippen molar-refractivity contribution in [3.05, 3.63) is 75.8 Å². The van der Waals surface area contributed by atoms with Crippen molar-refractivity contribution < 1.29 is 14.0 Å². The highest BCUT2D eigenvalue weighted by atomic mass is 16.5.